The summed E-state index contributed by atoms with van der Waals surface area (Å²) in [7, 11) is 0. The van der Waals surface area contributed by atoms with Crippen molar-refractivity contribution in [1.29, 1.82) is 5.26 Å². The average molecular weight is 309 g/mol. The molecule has 0 aliphatic heterocycles. The van der Waals surface area contributed by atoms with Gasteiger partial charge in [-0.3, -0.25) is 0 Å². The van der Waals surface area contributed by atoms with Gasteiger partial charge in [0.15, 0.2) is 5.11 Å². The zero-order valence-corrected chi connectivity index (χ0v) is 13.6. The van der Waals surface area contributed by atoms with Gasteiger partial charge < -0.3 is 10.6 Å². The number of hydrogen-bond donors (Lipinski definition) is 2. The molecule has 4 heteroatoms. The predicted octanol–water partition coefficient (Wildman–Crippen LogP) is 4.11. The number of anilines is 1. The van der Waals surface area contributed by atoms with E-state index in [-0.39, 0.29) is 6.04 Å². The standard InChI is InChI=1S/C18H19N3S/c1-13-5-3-4-6-17(13)14(2)20-18(22)21-16-9-7-15(8-10-16)11-12-19/h3-10,14H,11H2,1-2H3,(H2,20,21,22)/t14-/m1/s1. The molecule has 0 aliphatic carbocycles. The van der Waals surface area contributed by atoms with Gasteiger partial charge >= 0.3 is 0 Å². The molecule has 0 radical (unpaired) electrons. The summed E-state index contributed by atoms with van der Waals surface area (Å²) in [5.74, 6) is 0. The summed E-state index contributed by atoms with van der Waals surface area (Å²) in [6.45, 7) is 4.18. The van der Waals surface area contributed by atoms with Crippen LogP contribution >= 0.6 is 12.2 Å². The second-order valence-corrected chi connectivity index (χ2v) is 5.62. The SMILES string of the molecule is Cc1ccccc1[C@@H](C)NC(=S)Nc1ccc(CC#N)cc1. The Labute approximate surface area is 137 Å². The third-order valence-electron chi connectivity index (χ3n) is 3.50. The van der Waals surface area contributed by atoms with Gasteiger partial charge in [0, 0.05) is 5.69 Å². The smallest absolute Gasteiger partial charge is 0.171 e. The van der Waals surface area contributed by atoms with Gasteiger partial charge in [-0.1, -0.05) is 36.4 Å². The van der Waals surface area contributed by atoms with Crippen LogP contribution in [0.25, 0.3) is 0 Å². The number of nitriles is 1. The number of nitrogens with one attached hydrogen (secondary N) is 2. The lowest BCUT2D eigenvalue weighted by molar-refractivity contribution is 0.717. The van der Waals surface area contributed by atoms with Gasteiger partial charge in [0.25, 0.3) is 0 Å². The first-order valence-electron chi connectivity index (χ1n) is 7.19. The zero-order chi connectivity index (χ0) is 15.9. The molecule has 112 valence electrons. The van der Waals surface area contributed by atoms with E-state index in [0.29, 0.717) is 11.5 Å². The van der Waals surface area contributed by atoms with Crippen molar-refractivity contribution in [3.8, 4) is 6.07 Å². The van der Waals surface area contributed by atoms with Crippen LogP contribution in [0.5, 0.6) is 0 Å². The topological polar surface area (TPSA) is 47.8 Å². The van der Waals surface area contributed by atoms with Crippen molar-refractivity contribution in [3.05, 3.63) is 65.2 Å². The Bertz CT molecular complexity index is 686. The fraction of sp³-hybridized carbons (Fsp3) is 0.222. The van der Waals surface area contributed by atoms with E-state index in [9.17, 15) is 0 Å². The normalized spacial score (nSPS) is 11.3. The van der Waals surface area contributed by atoms with Gasteiger partial charge in [-0.25, -0.2) is 0 Å². The van der Waals surface area contributed by atoms with E-state index in [2.05, 4.69) is 42.7 Å². The Morgan fingerprint density at radius 2 is 1.86 bits per heavy atom. The third kappa shape index (κ3) is 4.31. The lowest BCUT2D eigenvalue weighted by atomic mass is 10.0. The molecule has 2 N–H and O–H groups in total. The molecule has 2 aromatic rings. The summed E-state index contributed by atoms with van der Waals surface area (Å²) >= 11 is 5.37. The van der Waals surface area contributed by atoms with E-state index >= 15 is 0 Å². The summed E-state index contributed by atoms with van der Waals surface area (Å²) in [6, 6.07) is 18.3. The molecule has 0 unspecified atom stereocenters. The van der Waals surface area contributed by atoms with Crippen molar-refractivity contribution in [1.82, 2.24) is 5.32 Å². The Kier molecular flexibility index (Phi) is 5.51. The van der Waals surface area contributed by atoms with E-state index in [1.807, 2.05) is 36.4 Å². The first kappa shape index (κ1) is 16.0. The van der Waals surface area contributed by atoms with Crippen LogP contribution < -0.4 is 10.6 Å². The Morgan fingerprint density at radius 3 is 2.50 bits per heavy atom. The van der Waals surface area contributed by atoms with Crippen LogP contribution in [-0.4, -0.2) is 5.11 Å². The molecule has 0 amide bonds. The van der Waals surface area contributed by atoms with Gasteiger partial charge in [0.05, 0.1) is 18.5 Å². The molecule has 2 aromatic carbocycles. The quantitative estimate of drug-likeness (QED) is 0.835. The second kappa shape index (κ2) is 7.58. The largest absolute Gasteiger partial charge is 0.356 e. The number of benzene rings is 2. The highest BCUT2D eigenvalue weighted by Crippen LogP contribution is 2.17. The van der Waals surface area contributed by atoms with E-state index in [1.165, 1.54) is 11.1 Å². The fourth-order valence-electron chi connectivity index (χ4n) is 2.31. The monoisotopic (exact) mass is 309 g/mol. The minimum atomic E-state index is 0.138. The Morgan fingerprint density at radius 1 is 1.18 bits per heavy atom. The second-order valence-electron chi connectivity index (χ2n) is 5.21. The van der Waals surface area contributed by atoms with E-state index in [0.717, 1.165) is 11.3 Å². The summed E-state index contributed by atoms with van der Waals surface area (Å²) < 4.78 is 0. The van der Waals surface area contributed by atoms with Crippen molar-refractivity contribution in [3.63, 3.8) is 0 Å². The molecule has 1 atom stereocenters. The summed E-state index contributed by atoms with van der Waals surface area (Å²) in [5, 5.41) is 15.7. The fourth-order valence-corrected chi connectivity index (χ4v) is 2.61. The minimum Gasteiger partial charge on any atom is -0.356 e. The Balaban J connectivity index is 1.95. The molecule has 0 saturated carbocycles. The van der Waals surface area contributed by atoms with E-state index in [4.69, 9.17) is 17.5 Å². The van der Waals surface area contributed by atoms with Crippen LogP contribution in [0.1, 0.15) is 29.7 Å². The predicted molar refractivity (Wildman–Crippen MR) is 94.7 cm³/mol. The van der Waals surface area contributed by atoms with Crippen molar-refractivity contribution in [2.75, 3.05) is 5.32 Å². The van der Waals surface area contributed by atoms with Crippen LogP contribution in [0.3, 0.4) is 0 Å². The van der Waals surface area contributed by atoms with Gasteiger partial charge in [-0.15, -0.1) is 0 Å². The van der Waals surface area contributed by atoms with Crippen molar-refractivity contribution >= 4 is 23.0 Å². The lowest BCUT2D eigenvalue weighted by Crippen LogP contribution is -2.31. The molecular formula is C18H19N3S. The molecule has 0 spiro atoms. The zero-order valence-electron chi connectivity index (χ0n) is 12.8. The molecular weight excluding hydrogens is 290 g/mol. The average Bonchev–Trinajstić information content (AvgIpc) is 2.50. The maximum atomic E-state index is 8.67. The summed E-state index contributed by atoms with van der Waals surface area (Å²) in [6.07, 6.45) is 0.424. The van der Waals surface area contributed by atoms with Crippen LogP contribution in [0.2, 0.25) is 0 Å². The van der Waals surface area contributed by atoms with Crippen LogP contribution in [0.4, 0.5) is 5.69 Å². The number of rotatable bonds is 4. The first-order valence-corrected chi connectivity index (χ1v) is 7.60. The van der Waals surface area contributed by atoms with E-state index in [1.54, 1.807) is 0 Å². The molecule has 2 rings (SSSR count). The first-order chi connectivity index (χ1) is 10.6. The number of hydrogen-bond acceptors (Lipinski definition) is 2. The van der Waals surface area contributed by atoms with Gasteiger partial charge in [-0.05, 0) is 54.9 Å². The van der Waals surface area contributed by atoms with Crippen LogP contribution in [0.15, 0.2) is 48.5 Å². The Hall–Kier alpha value is -2.38. The summed E-state index contributed by atoms with van der Waals surface area (Å²) in [5.41, 5.74) is 4.39. The number of nitrogens with zero attached hydrogens (tertiary/aromatic N) is 1. The number of aryl methyl sites for hydroxylation is 1. The third-order valence-corrected chi connectivity index (χ3v) is 3.72. The van der Waals surface area contributed by atoms with Crippen molar-refractivity contribution in [2.24, 2.45) is 0 Å². The molecule has 22 heavy (non-hydrogen) atoms. The highest BCUT2D eigenvalue weighted by atomic mass is 32.1. The van der Waals surface area contributed by atoms with Crippen molar-refractivity contribution < 1.29 is 0 Å². The maximum absolute atomic E-state index is 8.67. The highest BCUT2D eigenvalue weighted by Gasteiger charge is 2.09. The van der Waals surface area contributed by atoms with E-state index < -0.39 is 0 Å². The lowest BCUT2D eigenvalue weighted by Gasteiger charge is -2.19. The van der Waals surface area contributed by atoms with Crippen LogP contribution in [-0.2, 0) is 6.42 Å². The highest BCUT2D eigenvalue weighted by molar-refractivity contribution is 7.80. The molecule has 0 heterocycles. The van der Waals surface area contributed by atoms with Crippen LogP contribution in [0, 0.1) is 18.3 Å². The molecule has 0 aliphatic rings. The molecule has 0 fully saturated rings. The van der Waals surface area contributed by atoms with Gasteiger partial charge in [-0.2, -0.15) is 5.26 Å². The number of thiocarbonyl (C=S) groups is 1. The maximum Gasteiger partial charge on any atom is 0.171 e. The minimum absolute atomic E-state index is 0.138. The molecule has 3 nitrogen and oxygen atoms in total. The van der Waals surface area contributed by atoms with Crippen molar-refractivity contribution in [2.45, 2.75) is 26.3 Å². The molecule has 0 aromatic heterocycles. The molecule has 0 saturated heterocycles. The molecule has 0 bridgehead atoms. The van der Waals surface area contributed by atoms with Gasteiger partial charge in [0.1, 0.15) is 0 Å². The van der Waals surface area contributed by atoms with Gasteiger partial charge in [0.2, 0.25) is 0 Å². The summed E-state index contributed by atoms with van der Waals surface area (Å²) in [4.78, 5) is 0.